The van der Waals surface area contributed by atoms with E-state index >= 15 is 0 Å². The molecule has 0 bridgehead atoms. The van der Waals surface area contributed by atoms with Crippen LogP contribution in [-0.4, -0.2) is 26.2 Å². The van der Waals surface area contributed by atoms with Gasteiger partial charge in [-0.15, -0.1) is 0 Å². The van der Waals surface area contributed by atoms with E-state index in [-0.39, 0.29) is 18.0 Å². The molecular weight excluding hydrogens is 306 g/mol. The van der Waals surface area contributed by atoms with Gasteiger partial charge >= 0.3 is 0 Å². The van der Waals surface area contributed by atoms with Crippen LogP contribution in [0, 0.1) is 0 Å². The quantitative estimate of drug-likeness (QED) is 0.665. The molecule has 0 amide bonds. The minimum absolute atomic E-state index is 0.0265. The van der Waals surface area contributed by atoms with E-state index in [1.807, 2.05) is 0 Å². The molecule has 17 heavy (non-hydrogen) atoms. The first-order valence-electron chi connectivity index (χ1n) is 5.05. The summed E-state index contributed by atoms with van der Waals surface area (Å²) in [5.41, 5.74) is 6.61. The predicted molar refractivity (Wildman–Crippen MR) is 71.8 cm³/mol. The lowest BCUT2D eigenvalue weighted by atomic mass is 10.1. The van der Waals surface area contributed by atoms with Crippen LogP contribution in [0.5, 0.6) is 0 Å². The van der Waals surface area contributed by atoms with E-state index in [1.54, 1.807) is 18.2 Å². The molecule has 0 aliphatic rings. The molecular formula is C11H14BrNO3S. The number of halogens is 1. The van der Waals surface area contributed by atoms with Crippen molar-refractivity contribution in [1.29, 1.82) is 0 Å². The highest BCUT2D eigenvalue weighted by atomic mass is 79.9. The number of nitrogens with two attached hydrogens (primary N) is 1. The number of ketones is 1. The highest BCUT2D eigenvalue weighted by Gasteiger charge is 2.11. The normalized spacial score (nSPS) is 11.4. The third-order valence-corrected chi connectivity index (χ3v) is 3.93. The second-order valence-electron chi connectivity index (χ2n) is 3.90. The van der Waals surface area contributed by atoms with E-state index in [0.717, 1.165) is 6.26 Å². The van der Waals surface area contributed by atoms with Gasteiger partial charge in [0.2, 0.25) is 0 Å². The van der Waals surface area contributed by atoms with Gasteiger partial charge in [-0.05, 0) is 24.6 Å². The van der Waals surface area contributed by atoms with Crippen molar-refractivity contribution in [1.82, 2.24) is 0 Å². The van der Waals surface area contributed by atoms with Gasteiger partial charge in [0.15, 0.2) is 5.78 Å². The fourth-order valence-corrected chi connectivity index (χ4v) is 2.52. The summed E-state index contributed by atoms with van der Waals surface area (Å²) in [6, 6.07) is 4.99. The number of carbonyl (C=O) groups is 1. The lowest BCUT2D eigenvalue weighted by Gasteiger charge is -2.04. The van der Waals surface area contributed by atoms with Crippen LogP contribution in [-0.2, 0) is 9.84 Å². The number of hydrogen-bond acceptors (Lipinski definition) is 4. The maximum absolute atomic E-state index is 11.8. The van der Waals surface area contributed by atoms with Crippen molar-refractivity contribution in [2.24, 2.45) is 0 Å². The first-order valence-corrected chi connectivity index (χ1v) is 7.91. The van der Waals surface area contributed by atoms with E-state index < -0.39 is 9.84 Å². The zero-order valence-electron chi connectivity index (χ0n) is 9.44. The average Bonchev–Trinajstić information content (AvgIpc) is 2.19. The molecule has 0 saturated carbocycles. The standard InChI is InChI=1S/C11H14BrNO3S/c1-17(15,16)6-2-3-11(14)9-7-8(13)4-5-10(9)12/h4-5,7H,2-3,6,13H2,1H3. The lowest BCUT2D eigenvalue weighted by Crippen LogP contribution is -2.07. The molecule has 0 unspecified atom stereocenters. The van der Waals surface area contributed by atoms with Crippen molar-refractivity contribution in [3.05, 3.63) is 28.2 Å². The molecule has 0 aliphatic heterocycles. The van der Waals surface area contributed by atoms with Crippen molar-refractivity contribution in [3.8, 4) is 0 Å². The Morgan fingerprint density at radius 2 is 2.06 bits per heavy atom. The van der Waals surface area contributed by atoms with Crippen molar-refractivity contribution in [2.45, 2.75) is 12.8 Å². The van der Waals surface area contributed by atoms with Gasteiger partial charge in [0, 0.05) is 28.4 Å². The third-order valence-electron chi connectivity index (χ3n) is 2.21. The monoisotopic (exact) mass is 319 g/mol. The Kier molecular flexibility index (Phi) is 4.70. The highest BCUT2D eigenvalue weighted by Crippen LogP contribution is 2.21. The van der Waals surface area contributed by atoms with E-state index in [2.05, 4.69) is 15.9 Å². The maximum Gasteiger partial charge on any atom is 0.164 e. The summed E-state index contributed by atoms with van der Waals surface area (Å²) in [5, 5.41) is 0. The van der Waals surface area contributed by atoms with Gasteiger partial charge in [0.05, 0.1) is 5.75 Å². The molecule has 4 nitrogen and oxygen atoms in total. The fraction of sp³-hybridized carbons (Fsp3) is 0.364. The zero-order valence-corrected chi connectivity index (χ0v) is 11.8. The molecule has 2 N–H and O–H groups in total. The molecule has 1 aromatic carbocycles. The molecule has 1 aromatic rings. The number of hydrogen-bond donors (Lipinski definition) is 1. The predicted octanol–water partition coefficient (Wildman–Crippen LogP) is 2.04. The molecule has 6 heteroatoms. The molecule has 1 rings (SSSR count). The summed E-state index contributed by atoms with van der Waals surface area (Å²) in [5.74, 6) is -0.0774. The number of anilines is 1. The Hall–Kier alpha value is -0.880. The molecule has 0 aromatic heterocycles. The molecule has 0 heterocycles. The van der Waals surface area contributed by atoms with Crippen LogP contribution in [0.1, 0.15) is 23.2 Å². The number of nitrogen functional groups attached to an aromatic ring is 1. The number of carbonyl (C=O) groups excluding carboxylic acids is 1. The first-order chi connectivity index (χ1) is 7.79. The van der Waals surface area contributed by atoms with Gasteiger partial charge in [0.1, 0.15) is 9.84 Å². The van der Waals surface area contributed by atoms with Gasteiger partial charge in [-0.25, -0.2) is 8.42 Å². The first kappa shape index (κ1) is 14.2. The van der Waals surface area contributed by atoms with Crippen LogP contribution in [0.4, 0.5) is 5.69 Å². The van der Waals surface area contributed by atoms with E-state index in [1.165, 1.54) is 0 Å². The van der Waals surface area contributed by atoms with Crippen molar-refractivity contribution in [2.75, 3.05) is 17.7 Å². The number of Topliss-reactive ketones (excluding diaryl/α,β-unsaturated/α-hetero) is 1. The topological polar surface area (TPSA) is 77.2 Å². The summed E-state index contributed by atoms with van der Waals surface area (Å²) < 4.78 is 22.5. The van der Waals surface area contributed by atoms with E-state index in [4.69, 9.17) is 5.73 Å². The molecule has 0 fully saturated rings. The highest BCUT2D eigenvalue weighted by molar-refractivity contribution is 9.10. The Morgan fingerprint density at radius 1 is 1.41 bits per heavy atom. The summed E-state index contributed by atoms with van der Waals surface area (Å²) >= 11 is 3.27. The van der Waals surface area contributed by atoms with Crippen LogP contribution in [0.25, 0.3) is 0 Å². The molecule has 0 aliphatic carbocycles. The van der Waals surface area contributed by atoms with Gasteiger partial charge in [-0.2, -0.15) is 0 Å². The summed E-state index contributed by atoms with van der Waals surface area (Å²) in [6.45, 7) is 0. The average molecular weight is 320 g/mol. The van der Waals surface area contributed by atoms with Gasteiger partial charge in [-0.3, -0.25) is 4.79 Å². The SMILES string of the molecule is CS(=O)(=O)CCCC(=O)c1cc(N)ccc1Br. The Morgan fingerprint density at radius 3 is 2.65 bits per heavy atom. The second-order valence-corrected chi connectivity index (χ2v) is 7.01. The maximum atomic E-state index is 11.8. The van der Waals surface area contributed by atoms with E-state index in [0.29, 0.717) is 22.1 Å². The van der Waals surface area contributed by atoms with Crippen LogP contribution in [0.2, 0.25) is 0 Å². The van der Waals surface area contributed by atoms with Gasteiger partial charge in [0.25, 0.3) is 0 Å². The largest absolute Gasteiger partial charge is 0.399 e. The van der Waals surface area contributed by atoms with Crippen LogP contribution >= 0.6 is 15.9 Å². The van der Waals surface area contributed by atoms with Crippen molar-refractivity contribution < 1.29 is 13.2 Å². The van der Waals surface area contributed by atoms with Crippen molar-refractivity contribution >= 4 is 37.2 Å². The third kappa shape index (κ3) is 4.87. The van der Waals surface area contributed by atoms with Crippen molar-refractivity contribution in [3.63, 3.8) is 0 Å². The van der Waals surface area contributed by atoms with E-state index in [9.17, 15) is 13.2 Å². The summed E-state index contributed by atoms with van der Waals surface area (Å²) in [6.07, 6.45) is 1.70. The van der Waals surface area contributed by atoms with Crippen LogP contribution in [0.15, 0.2) is 22.7 Å². The molecule has 0 spiro atoms. The lowest BCUT2D eigenvalue weighted by molar-refractivity contribution is 0.0981. The van der Waals surface area contributed by atoms with Gasteiger partial charge < -0.3 is 5.73 Å². The van der Waals surface area contributed by atoms with Crippen LogP contribution < -0.4 is 5.73 Å². The van der Waals surface area contributed by atoms with Gasteiger partial charge in [-0.1, -0.05) is 15.9 Å². The summed E-state index contributed by atoms with van der Waals surface area (Å²) in [4.78, 5) is 11.8. The smallest absolute Gasteiger partial charge is 0.164 e. The number of rotatable bonds is 5. The molecule has 94 valence electrons. The zero-order chi connectivity index (χ0) is 13.1. The summed E-state index contributed by atoms with van der Waals surface area (Å²) in [7, 11) is -3.01. The minimum Gasteiger partial charge on any atom is -0.399 e. The Balaban J connectivity index is 2.67. The molecule has 0 atom stereocenters. The molecule has 0 radical (unpaired) electrons. The Labute approximate surface area is 109 Å². The second kappa shape index (κ2) is 5.64. The Bertz CT molecular complexity index is 526. The van der Waals surface area contributed by atoms with Crippen LogP contribution in [0.3, 0.4) is 0 Å². The number of sulfone groups is 1. The fourth-order valence-electron chi connectivity index (χ4n) is 1.39. The minimum atomic E-state index is -3.01. The number of benzene rings is 1. The molecule has 0 saturated heterocycles.